The number of nitrogens with two attached hydrogens (primary N) is 2. The molecule has 0 aliphatic carbocycles. The lowest BCUT2D eigenvalue weighted by Crippen LogP contribution is -2.63. The van der Waals surface area contributed by atoms with E-state index in [9.17, 15) is 4.79 Å². The van der Waals surface area contributed by atoms with Gasteiger partial charge in [-0.2, -0.15) is 0 Å². The van der Waals surface area contributed by atoms with E-state index < -0.39 is 11.7 Å². The summed E-state index contributed by atoms with van der Waals surface area (Å²) in [5, 5.41) is 6.26. The summed E-state index contributed by atoms with van der Waals surface area (Å²) < 4.78 is 0. The van der Waals surface area contributed by atoms with Crippen molar-refractivity contribution in [1.82, 2.24) is 10.6 Å². The van der Waals surface area contributed by atoms with Crippen LogP contribution in [0.15, 0.2) is 0 Å². The third-order valence-corrected chi connectivity index (χ3v) is 4.05. The van der Waals surface area contributed by atoms with Gasteiger partial charge in [0.15, 0.2) is 5.78 Å². The summed E-state index contributed by atoms with van der Waals surface area (Å²) in [7, 11) is 1.90. The molecule has 0 rings (SSSR count). The van der Waals surface area contributed by atoms with E-state index in [1.807, 2.05) is 14.0 Å². The van der Waals surface area contributed by atoms with Crippen LogP contribution in [0.1, 0.15) is 34.1 Å². The van der Waals surface area contributed by atoms with E-state index in [0.29, 0.717) is 12.3 Å². The molecule has 0 aromatic carbocycles. The Kier molecular flexibility index (Phi) is 6.65. The molecule has 17 heavy (non-hydrogen) atoms. The second kappa shape index (κ2) is 6.70. The van der Waals surface area contributed by atoms with E-state index in [0.717, 1.165) is 0 Å². The number of ketones is 1. The number of Topliss-reactive ketones (excluding diaryl/α,β-unsaturated/α-hetero) is 1. The van der Waals surface area contributed by atoms with Gasteiger partial charge in [-0.1, -0.05) is 6.92 Å². The van der Waals surface area contributed by atoms with Crippen molar-refractivity contribution in [2.24, 2.45) is 11.5 Å². The maximum Gasteiger partial charge on any atom is 0.183 e. The van der Waals surface area contributed by atoms with Gasteiger partial charge < -0.3 is 16.8 Å². The van der Waals surface area contributed by atoms with E-state index in [-0.39, 0.29) is 10.7 Å². The summed E-state index contributed by atoms with van der Waals surface area (Å²) in [6.07, 6.45) is 0.522. The molecule has 0 aliphatic rings. The Morgan fingerprint density at radius 3 is 2.35 bits per heavy atom. The standard InChI is InChI=1S/C11H26N4OS/c1-6-11(13,9(16)8(2)12)15-7-17-10(3,4)14-5/h8,14-15H,6-7,12-13H2,1-5H3. The summed E-state index contributed by atoms with van der Waals surface area (Å²) in [4.78, 5) is 11.8. The Balaban J connectivity index is 4.37. The number of hydrogen-bond donors (Lipinski definition) is 4. The van der Waals surface area contributed by atoms with Crippen LogP contribution in [-0.4, -0.2) is 35.3 Å². The molecule has 0 amide bonds. The first-order chi connectivity index (χ1) is 7.68. The van der Waals surface area contributed by atoms with Crippen LogP contribution in [0.4, 0.5) is 0 Å². The molecule has 6 N–H and O–H groups in total. The molecule has 5 nitrogen and oxygen atoms in total. The Morgan fingerprint density at radius 1 is 1.47 bits per heavy atom. The molecule has 0 fully saturated rings. The first-order valence-corrected chi connectivity index (χ1v) is 6.83. The molecule has 0 saturated heterocycles. The Labute approximate surface area is 108 Å². The Bertz CT molecular complexity index is 258. The predicted octanol–water partition coefficient (Wildman–Crippen LogP) is 0.204. The lowest BCUT2D eigenvalue weighted by Gasteiger charge is -2.31. The third kappa shape index (κ3) is 5.35. The van der Waals surface area contributed by atoms with Gasteiger partial charge in [0.25, 0.3) is 0 Å². The number of carbonyl (C=O) groups is 1. The predicted molar refractivity (Wildman–Crippen MR) is 74.6 cm³/mol. The van der Waals surface area contributed by atoms with Crippen molar-refractivity contribution in [3.05, 3.63) is 0 Å². The highest BCUT2D eigenvalue weighted by molar-refractivity contribution is 8.00. The average Bonchev–Trinajstić information content (AvgIpc) is 2.27. The van der Waals surface area contributed by atoms with Crippen LogP contribution in [0.5, 0.6) is 0 Å². The second-order valence-electron chi connectivity index (χ2n) is 4.70. The molecule has 0 heterocycles. The topological polar surface area (TPSA) is 93.2 Å². The van der Waals surface area contributed by atoms with Gasteiger partial charge in [-0.25, -0.2) is 0 Å². The summed E-state index contributed by atoms with van der Waals surface area (Å²) in [6, 6.07) is -0.547. The number of hydrogen-bond acceptors (Lipinski definition) is 6. The van der Waals surface area contributed by atoms with Crippen LogP contribution in [-0.2, 0) is 4.79 Å². The SMILES string of the molecule is CCC(N)(NCSC(C)(C)NC)C(=O)C(C)N. The monoisotopic (exact) mass is 262 g/mol. The van der Waals surface area contributed by atoms with E-state index >= 15 is 0 Å². The van der Waals surface area contributed by atoms with E-state index in [1.165, 1.54) is 0 Å². The summed E-state index contributed by atoms with van der Waals surface area (Å²) in [6.45, 7) is 7.67. The molecule has 0 saturated carbocycles. The fourth-order valence-electron chi connectivity index (χ4n) is 1.21. The highest BCUT2D eigenvalue weighted by Gasteiger charge is 2.33. The van der Waals surface area contributed by atoms with Crippen molar-refractivity contribution in [2.45, 2.75) is 50.7 Å². The molecular formula is C11H26N4OS. The van der Waals surface area contributed by atoms with Crippen molar-refractivity contribution in [3.8, 4) is 0 Å². The van der Waals surface area contributed by atoms with Crippen LogP contribution in [0.3, 0.4) is 0 Å². The van der Waals surface area contributed by atoms with Gasteiger partial charge in [0.1, 0.15) is 5.66 Å². The normalized spacial score (nSPS) is 17.6. The maximum atomic E-state index is 11.9. The van der Waals surface area contributed by atoms with Crippen LogP contribution >= 0.6 is 11.8 Å². The number of rotatable bonds is 8. The van der Waals surface area contributed by atoms with Crippen LogP contribution in [0, 0.1) is 0 Å². The van der Waals surface area contributed by atoms with Crippen molar-refractivity contribution in [3.63, 3.8) is 0 Å². The molecule has 0 aromatic heterocycles. The number of nitrogens with one attached hydrogen (secondary N) is 2. The summed E-state index contributed by atoms with van der Waals surface area (Å²) in [5.74, 6) is 0.444. The molecule has 0 aliphatic heterocycles. The molecule has 2 atom stereocenters. The van der Waals surface area contributed by atoms with Gasteiger partial charge >= 0.3 is 0 Å². The minimum Gasteiger partial charge on any atom is -0.322 e. The van der Waals surface area contributed by atoms with Crippen molar-refractivity contribution < 1.29 is 4.79 Å². The van der Waals surface area contributed by atoms with Gasteiger partial charge in [-0.3, -0.25) is 10.1 Å². The minimum absolute atomic E-state index is 0.0565. The molecule has 0 spiro atoms. The smallest absolute Gasteiger partial charge is 0.183 e. The minimum atomic E-state index is -1.02. The zero-order valence-electron chi connectivity index (χ0n) is 11.5. The first kappa shape index (κ1) is 16.9. The molecule has 0 bridgehead atoms. The van der Waals surface area contributed by atoms with E-state index in [1.54, 1.807) is 18.7 Å². The Morgan fingerprint density at radius 2 is 2.00 bits per heavy atom. The highest BCUT2D eigenvalue weighted by atomic mass is 32.2. The highest BCUT2D eigenvalue weighted by Crippen LogP contribution is 2.20. The summed E-state index contributed by atoms with van der Waals surface area (Å²) >= 11 is 1.65. The Hall–Kier alpha value is -0.140. The lowest BCUT2D eigenvalue weighted by atomic mass is 9.98. The van der Waals surface area contributed by atoms with Gasteiger partial charge in [-0.15, -0.1) is 11.8 Å². The quantitative estimate of drug-likeness (QED) is 0.467. The van der Waals surface area contributed by atoms with Gasteiger partial charge in [0.05, 0.1) is 10.9 Å². The van der Waals surface area contributed by atoms with Crippen molar-refractivity contribution >= 4 is 17.5 Å². The maximum absolute atomic E-state index is 11.9. The van der Waals surface area contributed by atoms with Gasteiger partial charge in [-0.05, 0) is 34.2 Å². The second-order valence-corrected chi connectivity index (χ2v) is 6.30. The lowest BCUT2D eigenvalue weighted by molar-refractivity contribution is -0.126. The summed E-state index contributed by atoms with van der Waals surface area (Å²) in [5.41, 5.74) is 10.6. The van der Waals surface area contributed by atoms with E-state index in [4.69, 9.17) is 11.5 Å². The number of thioether (sulfide) groups is 1. The van der Waals surface area contributed by atoms with Crippen LogP contribution in [0.2, 0.25) is 0 Å². The molecule has 2 unspecified atom stereocenters. The molecular weight excluding hydrogens is 236 g/mol. The average molecular weight is 262 g/mol. The number of carbonyl (C=O) groups excluding carboxylic acids is 1. The fourth-order valence-corrected chi connectivity index (χ4v) is 2.04. The zero-order valence-corrected chi connectivity index (χ0v) is 12.3. The molecule has 102 valence electrons. The van der Waals surface area contributed by atoms with Crippen LogP contribution in [0.25, 0.3) is 0 Å². The molecule has 6 heteroatoms. The van der Waals surface area contributed by atoms with E-state index in [2.05, 4.69) is 24.5 Å². The zero-order chi connectivity index (χ0) is 13.7. The van der Waals surface area contributed by atoms with Crippen LogP contribution < -0.4 is 22.1 Å². The van der Waals surface area contributed by atoms with Crippen molar-refractivity contribution in [1.29, 1.82) is 0 Å². The van der Waals surface area contributed by atoms with Gasteiger partial charge in [0, 0.05) is 5.88 Å². The fraction of sp³-hybridized carbons (Fsp3) is 0.909. The third-order valence-electron chi connectivity index (χ3n) is 2.83. The van der Waals surface area contributed by atoms with Gasteiger partial charge in [0.2, 0.25) is 0 Å². The molecule has 0 aromatic rings. The molecule has 0 radical (unpaired) electrons. The first-order valence-electron chi connectivity index (χ1n) is 5.85. The largest absolute Gasteiger partial charge is 0.322 e. The van der Waals surface area contributed by atoms with Crippen molar-refractivity contribution in [2.75, 3.05) is 12.9 Å².